The Morgan fingerprint density at radius 3 is 2.81 bits per heavy atom. The van der Waals surface area contributed by atoms with Gasteiger partial charge in [-0.05, 0) is 32.0 Å². The third-order valence-corrected chi connectivity index (χ3v) is 4.34. The molecule has 1 N–H and O–H groups in total. The zero-order valence-electron chi connectivity index (χ0n) is 13.1. The van der Waals surface area contributed by atoms with Gasteiger partial charge in [-0.3, -0.25) is 4.90 Å². The minimum atomic E-state index is 0.641. The molecule has 4 nitrogen and oxygen atoms in total. The van der Waals surface area contributed by atoms with Crippen molar-refractivity contribution in [2.24, 2.45) is 0 Å². The molecule has 1 heterocycles. The van der Waals surface area contributed by atoms with Crippen molar-refractivity contribution in [3.63, 3.8) is 0 Å². The van der Waals surface area contributed by atoms with Crippen molar-refractivity contribution in [3.05, 3.63) is 22.7 Å². The highest BCUT2D eigenvalue weighted by molar-refractivity contribution is 6.30. The van der Waals surface area contributed by atoms with Crippen molar-refractivity contribution >= 4 is 11.6 Å². The molecule has 0 unspecified atom stereocenters. The number of likely N-dealkylation sites (N-methyl/N-ethyl adjacent to an activating group) is 1. The highest BCUT2D eigenvalue weighted by Gasteiger charge is 2.22. The Kier molecular flexibility index (Phi) is 6.15. The molecule has 5 heteroatoms. The van der Waals surface area contributed by atoms with E-state index in [-0.39, 0.29) is 0 Å². The highest BCUT2D eigenvalue weighted by atomic mass is 35.5. The van der Waals surface area contributed by atoms with Gasteiger partial charge in [0.15, 0.2) is 11.5 Å². The van der Waals surface area contributed by atoms with Crippen LogP contribution < -0.4 is 14.8 Å². The monoisotopic (exact) mass is 312 g/mol. The molecule has 0 spiro atoms. The Morgan fingerprint density at radius 1 is 1.33 bits per heavy atom. The van der Waals surface area contributed by atoms with Gasteiger partial charge in [0.25, 0.3) is 0 Å². The van der Waals surface area contributed by atoms with Gasteiger partial charge in [0, 0.05) is 35.8 Å². The van der Waals surface area contributed by atoms with Gasteiger partial charge in [0.05, 0.1) is 14.2 Å². The predicted molar refractivity (Wildman–Crippen MR) is 86.5 cm³/mol. The van der Waals surface area contributed by atoms with E-state index in [1.165, 1.54) is 19.4 Å². The molecule has 1 aliphatic heterocycles. The summed E-state index contributed by atoms with van der Waals surface area (Å²) in [5.41, 5.74) is 1.03. The normalized spacial score (nSPS) is 19.0. The number of likely N-dealkylation sites (tertiary alicyclic amines) is 1. The number of hydrogen-bond acceptors (Lipinski definition) is 4. The lowest BCUT2D eigenvalue weighted by Crippen LogP contribution is -2.37. The predicted octanol–water partition coefficient (Wildman–Crippen LogP) is 2.93. The standard InChI is InChI=1S/C16H25ClN2O2/c1-4-19-7-5-6-14(19)11-18-10-12-8-13(17)9-15(20-2)16(12)21-3/h8-9,14,18H,4-7,10-11H2,1-3H3/t14-/m1/s1. The molecular formula is C16H25ClN2O2. The quantitative estimate of drug-likeness (QED) is 0.839. The molecule has 1 aliphatic rings. The zero-order chi connectivity index (χ0) is 15.2. The number of hydrogen-bond donors (Lipinski definition) is 1. The van der Waals surface area contributed by atoms with Crippen LogP contribution in [-0.2, 0) is 6.54 Å². The van der Waals surface area contributed by atoms with Crippen molar-refractivity contribution in [3.8, 4) is 11.5 Å². The molecule has 1 aromatic rings. The highest BCUT2D eigenvalue weighted by Crippen LogP contribution is 2.34. The van der Waals surface area contributed by atoms with E-state index < -0.39 is 0 Å². The van der Waals surface area contributed by atoms with Crippen LogP contribution in [0.4, 0.5) is 0 Å². The molecule has 0 aliphatic carbocycles. The van der Waals surface area contributed by atoms with Crippen LogP contribution in [0.15, 0.2) is 12.1 Å². The minimum Gasteiger partial charge on any atom is -0.493 e. The summed E-state index contributed by atoms with van der Waals surface area (Å²) in [6.45, 7) is 6.29. The van der Waals surface area contributed by atoms with E-state index in [9.17, 15) is 0 Å². The molecule has 0 amide bonds. The summed E-state index contributed by atoms with van der Waals surface area (Å²) in [4.78, 5) is 2.53. The molecule has 0 bridgehead atoms. The fourth-order valence-corrected chi connectivity index (χ4v) is 3.28. The fourth-order valence-electron chi connectivity index (χ4n) is 3.05. The summed E-state index contributed by atoms with van der Waals surface area (Å²) in [6, 6.07) is 4.35. The van der Waals surface area contributed by atoms with E-state index in [0.717, 1.165) is 30.9 Å². The summed E-state index contributed by atoms with van der Waals surface area (Å²) < 4.78 is 10.8. The maximum Gasteiger partial charge on any atom is 0.165 e. The minimum absolute atomic E-state index is 0.641. The molecule has 0 aromatic heterocycles. The van der Waals surface area contributed by atoms with E-state index in [2.05, 4.69) is 17.1 Å². The molecule has 118 valence electrons. The maximum absolute atomic E-state index is 6.14. The van der Waals surface area contributed by atoms with Gasteiger partial charge in [-0.1, -0.05) is 18.5 Å². The molecule has 1 atom stereocenters. The van der Waals surface area contributed by atoms with Crippen LogP contribution in [0.1, 0.15) is 25.3 Å². The Morgan fingerprint density at radius 2 is 2.14 bits per heavy atom. The second kappa shape index (κ2) is 7.87. The van der Waals surface area contributed by atoms with Crippen molar-refractivity contribution in [1.29, 1.82) is 0 Å². The van der Waals surface area contributed by atoms with E-state index in [1.54, 1.807) is 20.3 Å². The van der Waals surface area contributed by atoms with Crippen molar-refractivity contribution in [2.45, 2.75) is 32.4 Å². The molecule has 1 aromatic carbocycles. The molecule has 2 rings (SSSR count). The van der Waals surface area contributed by atoms with Crippen LogP contribution in [0.3, 0.4) is 0 Å². The van der Waals surface area contributed by atoms with Crippen LogP contribution in [0.2, 0.25) is 5.02 Å². The van der Waals surface area contributed by atoms with E-state index in [4.69, 9.17) is 21.1 Å². The average Bonchev–Trinajstić information content (AvgIpc) is 2.94. The lowest BCUT2D eigenvalue weighted by Gasteiger charge is -2.23. The molecule has 0 radical (unpaired) electrons. The van der Waals surface area contributed by atoms with E-state index in [0.29, 0.717) is 16.8 Å². The molecule has 21 heavy (non-hydrogen) atoms. The largest absolute Gasteiger partial charge is 0.493 e. The second-order valence-corrected chi connectivity index (χ2v) is 5.79. The first-order valence-corrected chi connectivity index (χ1v) is 7.92. The van der Waals surface area contributed by atoms with Gasteiger partial charge in [0.2, 0.25) is 0 Å². The number of ether oxygens (including phenoxy) is 2. The smallest absolute Gasteiger partial charge is 0.165 e. The van der Waals surface area contributed by atoms with Crippen molar-refractivity contribution in [2.75, 3.05) is 33.9 Å². The van der Waals surface area contributed by atoms with Crippen molar-refractivity contribution in [1.82, 2.24) is 10.2 Å². The lowest BCUT2D eigenvalue weighted by molar-refractivity contribution is 0.259. The molecule has 0 saturated carbocycles. The van der Waals surface area contributed by atoms with Crippen molar-refractivity contribution < 1.29 is 9.47 Å². The fraction of sp³-hybridized carbons (Fsp3) is 0.625. The first kappa shape index (κ1) is 16.4. The number of benzene rings is 1. The third kappa shape index (κ3) is 4.02. The number of halogens is 1. The Bertz CT molecular complexity index is 468. The van der Waals surface area contributed by atoms with E-state index in [1.807, 2.05) is 6.07 Å². The average molecular weight is 313 g/mol. The van der Waals surface area contributed by atoms with Gasteiger partial charge in [-0.2, -0.15) is 0 Å². The van der Waals surface area contributed by atoms with Gasteiger partial charge < -0.3 is 14.8 Å². The summed E-state index contributed by atoms with van der Waals surface area (Å²) in [5.74, 6) is 1.44. The number of methoxy groups -OCH3 is 2. The zero-order valence-corrected chi connectivity index (χ0v) is 13.9. The van der Waals surface area contributed by atoms with E-state index >= 15 is 0 Å². The summed E-state index contributed by atoms with van der Waals surface area (Å²) in [7, 11) is 3.29. The SMILES string of the molecule is CCN1CCC[C@@H]1CNCc1cc(Cl)cc(OC)c1OC. The van der Waals surface area contributed by atoms with Gasteiger partial charge in [-0.25, -0.2) is 0 Å². The van der Waals surface area contributed by atoms with Crippen LogP contribution in [-0.4, -0.2) is 44.8 Å². The molecule has 1 saturated heterocycles. The van der Waals surface area contributed by atoms with Crippen LogP contribution >= 0.6 is 11.6 Å². The van der Waals surface area contributed by atoms with Gasteiger partial charge in [0.1, 0.15) is 0 Å². The first-order valence-electron chi connectivity index (χ1n) is 7.54. The molecule has 1 fully saturated rings. The second-order valence-electron chi connectivity index (χ2n) is 5.36. The Hall–Kier alpha value is -0.970. The number of rotatable bonds is 7. The summed E-state index contributed by atoms with van der Waals surface area (Å²) >= 11 is 6.14. The van der Waals surface area contributed by atoms with Crippen LogP contribution in [0.5, 0.6) is 11.5 Å². The lowest BCUT2D eigenvalue weighted by atomic mass is 10.1. The van der Waals surface area contributed by atoms with Crippen LogP contribution in [0, 0.1) is 0 Å². The van der Waals surface area contributed by atoms with Gasteiger partial charge >= 0.3 is 0 Å². The summed E-state index contributed by atoms with van der Waals surface area (Å²) in [6.07, 6.45) is 2.57. The third-order valence-electron chi connectivity index (χ3n) is 4.12. The number of nitrogens with zero attached hydrogens (tertiary/aromatic N) is 1. The summed E-state index contributed by atoms with van der Waals surface area (Å²) in [5, 5.41) is 4.19. The topological polar surface area (TPSA) is 33.7 Å². The van der Waals surface area contributed by atoms with Gasteiger partial charge in [-0.15, -0.1) is 0 Å². The van der Waals surface area contributed by atoms with Crippen LogP contribution in [0.25, 0.3) is 0 Å². The molecular weight excluding hydrogens is 288 g/mol. The Labute approximate surface area is 132 Å². The number of nitrogens with one attached hydrogen (secondary N) is 1. The Balaban J connectivity index is 1.98. The maximum atomic E-state index is 6.14. The first-order chi connectivity index (χ1) is 10.2.